The Morgan fingerprint density at radius 3 is 3.08 bits per heavy atom. The van der Waals surface area contributed by atoms with E-state index in [0.717, 1.165) is 49.3 Å². The van der Waals surface area contributed by atoms with Crippen LogP contribution in [0.1, 0.15) is 32.0 Å². The van der Waals surface area contributed by atoms with Crippen molar-refractivity contribution < 1.29 is 4.74 Å². The van der Waals surface area contributed by atoms with Crippen LogP contribution in [0.4, 0.5) is 0 Å². The first-order valence-electron chi connectivity index (χ1n) is 8.50. The van der Waals surface area contributed by atoms with Gasteiger partial charge in [0.15, 0.2) is 0 Å². The number of aryl methyl sites for hydroxylation is 1. The van der Waals surface area contributed by atoms with E-state index in [0.29, 0.717) is 12.3 Å². The van der Waals surface area contributed by atoms with Gasteiger partial charge in [0.1, 0.15) is 11.3 Å². The van der Waals surface area contributed by atoms with E-state index in [4.69, 9.17) is 15.0 Å². The quantitative estimate of drug-likeness (QED) is 0.722. The van der Waals surface area contributed by atoms with Crippen LogP contribution >= 0.6 is 11.3 Å². The lowest BCUT2D eigenvalue weighted by atomic mass is 9.97. The van der Waals surface area contributed by atoms with Gasteiger partial charge in [-0.3, -0.25) is 4.98 Å². The topological polar surface area (TPSA) is 63.7 Å². The number of imidazole rings is 1. The van der Waals surface area contributed by atoms with Crippen LogP contribution in [-0.2, 0) is 17.7 Å². The molecule has 0 aliphatic carbocycles. The van der Waals surface area contributed by atoms with E-state index in [-0.39, 0.29) is 6.10 Å². The third kappa shape index (κ3) is 2.68. The molecule has 5 nitrogen and oxygen atoms in total. The van der Waals surface area contributed by atoms with Gasteiger partial charge in [0.25, 0.3) is 0 Å². The number of nitrogens with zero attached hydrogens (tertiary/aromatic N) is 4. The van der Waals surface area contributed by atoms with Crippen molar-refractivity contribution in [2.45, 2.75) is 45.3 Å². The highest BCUT2D eigenvalue weighted by molar-refractivity contribution is 7.18. The molecule has 1 saturated heterocycles. The zero-order valence-electron chi connectivity index (χ0n) is 13.7. The van der Waals surface area contributed by atoms with Gasteiger partial charge in [-0.25, -0.2) is 4.98 Å². The summed E-state index contributed by atoms with van der Waals surface area (Å²) in [6.07, 6.45) is 5.50. The van der Waals surface area contributed by atoms with Crippen LogP contribution in [0.2, 0.25) is 0 Å². The van der Waals surface area contributed by atoms with E-state index in [2.05, 4.69) is 34.0 Å². The lowest BCUT2D eigenvalue weighted by Crippen LogP contribution is -2.28. The maximum atomic E-state index is 8.81. The van der Waals surface area contributed by atoms with Gasteiger partial charge in [0.2, 0.25) is 0 Å². The number of pyridine rings is 1. The molecule has 24 heavy (non-hydrogen) atoms. The summed E-state index contributed by atoms with van der Waals surface area (Å²) >= 11 is 1.73. The zero-order valence-corrected chi connectivity index (χ0v) is 14.6. The molecule has 3 aromatic heterocycles. The van der Waals surface area contributed by atoms with Gasteiger partial charge in [0.05, 0.1) is 47.1 Å². The van der Waals surface area contributed by atoms with Gasteiger partial charge < -0.3 is 9.30 Å². The molecule has 124 valence electrons. The van der Waals surface area contributed by atoms with E-state index >= 15 is 0 Å². The molecule has 1 aliphatic heterocycles. The number of thiophene rings is 1. The lowest BCUT2D eigenvalue weighted by molar-refractivity contribution is -0.0168. The van der Waals surface area contributed by atoms with Gasteiger partial charge in [-0.15, -0.1) is 11.3 Å². The van der Waals surface area contributed by atoms with Crippen molar-refractivity contribution in [2.24, 2.45) is 5.92 Å². The Balaban J connectivity index is 1.66. The highest BCUT2D eigenvalue weighted by Crippen LogP contribution is 2.31. The number of aromatic nitrogens is 3. The van der Waals surface area contributed by atoms with Crippen LogP contribution in [0.25, 0.3) is 21.3 Å². The molecule has 0 spiro atoms. The number of rotatable bonds is 4. The Morgan fingerprint density at radius 1 is 1.42 bits per heavy atom. The minimum Gasteiger partial charge on any atom is -0.377 e. The summed E-state index contributed by atoms with van der Waals surface area (Å²) in [5.74, 6) is 1.60. The summed E-state index contributed by atoms with van der Waals surface area (Å²) in [5, 5.41) is 10.9. The second kappa shape index (κ2) is 6.50. The molecule has 0 unspecified atom stereocenters. The van der Waals surface area contributed by atoms with Crippen LogP contribution < -0.4 is 0 Å². The molecule has 0 N–H and O–H groups in total. The van der Waals surface area contributed by atoms with Crippen molar-refractivity contribution in [3.63, 3.8) is 0 Å². The molecule has 0 bridgehead atoms. The van der Waals surface area contributed by atoms with Gasteiger partial charge >= 0.3 is 0 Å². The molecule has 6 heteroatoms. The van der Waals surface area contributed by atoms with E-state index in [1.54, 1.807) is 11.3 Å². The largest absolute Gasteiger partial charge is 0.377 e. The molecule has 2 atom stereocenters. The highest BCUT2D eigenvalue weighted by atomic mass is 32.1. The molecule has 0 amide bonds. The van der Waals surface area contributed by atoms with Gasteiger partial charge in [-0.1, -0.05) is 6.92 Å². The smallest absolute Gasteiger partial charge is 0.109 e. The number of ether oxygens (including phenoxy) is 1. The van der Waals surface area contributed by atoms with Crippen molar-refractivity contribution in [3.05, 3.63) is 23.5 Å². The Labute approximate surface area is 144 Å². The summed E-state index contributed by atoms with van der Waals surface area (Å²) in [6.45, 7) is 3.81. The van der Waals surface area contributed by atoms with Crippen molar-refractivity contribution in [1.82, 2.24) is 14.5 Å². The van der Waals surface area contributed by atoms with E-state index in [1.165, 1.54) is 10.2 Å². The minimum atomic E-state index is 0.115. The summed E-state index contributed by atoms with van der Waals surface area (Å²) in [5.41, 5.74) is 3.25. The van der Waals surface area contributed by atoms with Crippen LogP contribution in [0.5, 0.6) is 0 Å². The maximum Gasteiger partial charge on any atom is 0.109 e. The molecular weight excluding hydrogens is 320 g/mol. The van der Waals surface area contributed by atoms with Crippen LogP contribution in [0, 0.1) is 17.2 Å². The predicted octanol–water partition coefficient (Wildman–Crippen LogP) is 3.92. The fourth-order valence-corrected chi connectivity index (χ4v) is 4.45. The monoisotopic (exact) mass is 340 g/mol. The fraction of sp³-hybridized carbons (Fsp3) is 0.500. The normalized spacial score (nSPS) is 21.3. The molecular formula is C18H20N4OS. The van der Waals surface area contributed by atoms with Gasteiger partial charge in [0, 0.05) is 18.9 Å². The minimum absolute atomic E-state index is 0.115. The molecule has 1 fully saturated rings. The van der Waals surface area contributed by atoms with Crippen LogP contribution in [-0.4, -0.2) is 27.2 Å². The van der Waals surface area contributed by atoms with E-state index < -0.39 is 0 Å². The first-order valence-corrected chi connectivity index (χ1v) is 9.38. The molecule has 1 aliphatic rings. The first-order chi connectivity index (χ1) is 11.8. The first kappa shape index (κ1) is 15.6. The Hall–Kier alpha value is -1.97. The number of nitriles is 1. The lowest BCUT2D eigenvalue weighted by Gasteiger charge is -2.28. The highest BCUT2D eigenvalue weighted by Gasteiger charge is 2.24. The molecule has 4 heterocycles. The average Bonchev–Trinajstić information content (AvgIpc) is 3.20. The average molecular weight is 340 g/mol. The fourth-order valence-electron chi connectivity index (χ4n) is 3.55. The summed E-state index contributed by atoms with van der Waals surface area (Å²) in [6, 6.07) is 4.28. The van der Waals surface area contributed by atoms with E-state index in [1.807, 2.05) is 6.20 Å². The predicted molar refractivity (Wildman–Crippen MR) is 95.0 cm³/mol. The van der Waals surface area contributed by atoms with Crippen molar-refractivity contribution in [3.8, 4) is 6.07 Å². The number of hydrogen-bond acceptors (Lipinski definition) is 5. The van der Waals surface area contributed by atoms with Crippen molar-refractivity contribution >= 4 is 32.6 Å². The molecule has 0 saturated carbocycles. The van der Waals surface area contributed by atoms with Crippen LogP contribution in [0.3, 0.4) is 0 Å². The summed E-state index contributed by atoms with van der Waals surface area (Å²) in [7, 11) is 0. The van der Waals surface area contributed by atoms with Gasteiger partial charge in [-0.2, -0.15) is 5.26 Å². The summed E-state index contributed by atoms with van der Waals surface area (Å²) < 4.78 is 9.46. The SMILES string of the molecule is CCc1nc2cnc3ccsc3c2n1C[C@H]1CC[C@H](CC#N)OC1. The third-order valence-electron chi connectivity index (χ3n) is 4.80. The zero-order chi connectivity index (χ0) is 16.5. The Morgan fingerprint density at radius 2 is 2.33 bits per heavy atom. The summed E-state index contributed by atoms with van der Waals surface area (Å²) in [4.78, 5) is 9.31. The molecule has 0 aromatic carbocycles. The van der Waals surface area contributed by atoms with Gasteiger partial charge in [-0.05, 0) is 24.3 Å². The molecule has 3 aromatic rings. The molecule has 4 rings (SSSR count). The van der Waals surface area contributed by atoms with Crippen molar-refractivity contribution in [1.29, 1.82) is 5.26 Å². The Kier molecular flexibility index (Phi) is 4.21. The standard InChI is InChI=1S/C18H20N4OS/c1-2-16-21-15-9-20-14-6-8-24-18(14)17(15)22(16)10-12-3-4-13(5-7-19)23-11-12/h6,8-9,12-13H,2-5,10-11H2,1H3/t12-,13-/m1/s1. The second-order valence-corrected chi connectivity index (χ2v) is 7.30. The van der Waals surface area contributed by atoms with Crippen LogP contribution in [0.15, 0.2) is 17.6 Å². The number of hydrogen-bond donors (Lipinski definition) is 0. The Bertz CT molecular complexity index is 899. The third-order valence-corrected chi connectivity index (χ3v) is 5.71. The van der Waals surface area contributed by atoms with Crippen molar-refractivity contribution in [2.75, 3.05) is 6.61 Å². The second-order valence-electron chi connectivity index (χ2n) is 6.38. The molecule has 0 radical (unpaired) electrons. The van der Waals surface area contributed by atoms with E-state index in [9.17, 15) is 0 Å². The maximum absolute atomic E-state index is 8.81. The number of fused-ring (bicyclic) bond motifs is 3.